The van der Waals surface area contributed by atoms with Crippen molar-refractivity contribution in [2.45, 2.75) is 6.10 Å². The van der Waals surface area contributed by atoms with Gasteiger partial charge in [0.05, 0.1) is 6.54 Å². The molecule has 1 aliphatic rings. The maximum atomic E-state index is 11.2. The molecule has 4 nitrogen and oxygen atoms in total. The van der Waals surface area contributed by atoms with E-state index in [1.165, 1.54) is 0 Å². The summed E-state index contributed by atoms with van der Waals surface area (Å²) in [4.78, 5) is 12.8. The van der Waals surface area contributed by atoms with Gasteiger partial charge in [-0.15, -0.1) is 0 Å². The summed E-state index contributed by atoms with van der Waals surface area (Å²) in [5.74, 6) is 0.187. The van der Waals surface area contributed by atoms with Gasteiger partial charge in [0.15, 0.2) is 0 Å². The molecule has 15 heavy (non-hydrogen) atoms. The lowest BCUT2D eigenvalue weighted by atomic mass is 10.1. The molecule has 1 unspecified atom stereocenters. The topological polar surface area (TPSA) is 49.8 Å². The number of hydrogen-bond acceptors (Lipinski definition) is 3. The molecular formula is C11H13NO3. The third-order valence-corrected chi connectivity index (χ3v) is 2.56. The Kier molecular flexibility index (Phi) is 2.60. The largest absolute Gasteiger partial charge is 0.508 e. The van der Waals surface area contributed by atoms with Crippen LogP contribution in [-0.4, -0.2) is 36.1 Å². The number of ether oxygens (including phenoxy) is 1. The molecule has 0 saturated carbocycles. The Morgan fingerprint density at radius 2 is 2.20 bits per heavy atom. The number of para-hydroxylation sites is 1. The van der Waals surface area contributed by atoms with Gasteiger partial charge in [0, 0.05) is 12.6 Å². The second-order valence-corrected chi connectivity index (χ2v) is 3.63. The lowest BCUT2D eigenvalue weighted by Crippen LogP contribution is -2.40. The second-order valence-electron chi connectivity index (χ2n) is 3.63. The summed E-state index contributed by atoms with van der Waals surface area (Å²) in [7, 11) is 1.73. The van der Waals surface area contributed by atoms with Gasteiger partial charge in [0.1, 0.15) is 18.5 Å². The number of aromatic hydroxyl groups is 1. The summed E-state index contributed by atoms with van der Waals surface area (Å²) in [6.45, 7) is 0.561. The van der Waals surface area contributed by atoms with Crippen LogP contribution in [0.25, 0.3) is 0 Å². The van der Waals surface area contributed by atoms with Crippen LogP contribution in [0.15, 0.2) is 24.3 Å². The fourth-order valence-corrected chi connectivity index (χ4v) is 1.63. The Hall–Kier alpha value is -1.55. The molecule has 0 aromatic heterocycles. The number of likely N-dealkylation sites (N-methyl/N-ethyl adjacent to an activating group) is 1. The molecule has 0 bridgehead atoms. The number of hydrogen-bond donors (Lipinski definition) is 1. The van der Waals surface area contributed by atoms with Crippen molar-refractivity contribution in [3.05, 3.63) is 29.8 Å². The van der Waals surface area contributed by atoms with Crippen molar-refractivity contribution in [2.24, 2.45) is 0 Å². The van der Waals surface area contributed by atoms with Crippen LogP contribution in [0, 0.1) is 0 Å². The van der Waals surface area contributed by atoms with Crippen LogP contribution in [0.5, 0.6) is 5.75 Å². The van der Waals surface area contributed by atoms with Gasteiger partial charge >= 0.3 is 0 Å². The van der Waals surface area contributed by atoms with E-state index in [2.05, 4.69) is 0 Å². The zero-order chi connectivity index (χ0) is 10.8. The number of morpholine rings is 1. The van der Waals surface area contributed by atoms with E-state index < -0.39 is 0 Å². The van der Waals surface area contributed by atoms with Crippen molar-refractivity contribution in [3.8, 4) is 5.75 Å². The molecule has 1 aromatic carbocycles. The third-order valence-electron chi connectivity index (χ3n) is 2.56. The molecule has 0 aliphatic carbocycles. The van der Waals surface area contributed by atoms with Crippen LogP contribution in [-0.2, 0) is 9.53 Å². The van der Waals surface area contributed by atoms with Crippen molar-refractivity contribution in [1.29, 1.82) is 0 Å². The number of phenols is 1. The summed E-state index contributed by atoms with van der Waals surface area (Å²) < 4.78 is 5.38. The fraction of sp³-hybridized carbons (Fsp3) is 0.364. The fourth-order valence-electron chi connectivity index (χ4n) is 1.63. The second kappa shape index (κ2) is 3.90. The van der Waals surface area contributed by atoms with E-state index in [9.17, 15) is 9.90 Å². The molecule has 1 saturated heterocycles. The first-order valence-electron chi connectivity index (χ1n) is 4.82. The predicted molar refractivity (Wildman–Crippen MR) is 54.4 cm³/mol. The molecule has 0 spiro atoms. The van der Waals surface area contributed by atoms with Crippen LogP contribution in [0.4, 0.5) is 0 Å². The summed E-state index contributed by atoms with van der Waals surface area (Å²) in [5, 5.41) is 9.63. The molecular weight excluding hydrogens is 194 g/mol. The smallest absolute Gasteiger partial charge is 0.248 e. The summed E-state index contributed by atoms with van der Waals surface area (Å²) in [6, 6.07) is 7.03. The number of carbonyl (C=O) groups excluding carboxylic acids is 1. The number of phenolic OH excluding ortho intramolecular Hbond substituents is 1. The van der Waals surface area contributed by atoms with Gasteiger partial charge in [-0.1, -0.05) is 18.2 Å². The Labute approximate surface area is 88.1 Å². The van der Waals surface area contributed by atoms with Crippen LogP contribution < -0.4 is 0 Å². The highest BCUT2D eigenvalue weighted by Gasteiger charge is 2.26. The number of amides is 1. The molecule has 4 heteroatoms. The van der Waals surface area contributed by atoms with Gasteiger partial charge < -0.3 is 14.7 Å². The lowest BCUT2D eigenvalue weighted by Gasteiger charge is -2.30. The average Bonchev–Trinajstić information content (AvgIpc) is 2.23. The molecule has 1 N–H and O–H groups in total. The summed E-state index contributed by atoms with van der Waals surface area (Å²) in [5.41, 5.74) is 0.733. The Bertz CT molecular complexity index is 378. The SMILES string of the molecule is CN1CC(c2ccccc2O)OCC1=O. The van der Waals surface area contributed by atoms with Gasteiger partial charge in [0.2, 0.25) is 5.91 Å². The zero-order valence-electron chi connectivity index (χ0n) is 8.51. The van der Waals surface area contributed by atoms with Crippen molar-refractivity contribution in [1.82, 2.24) is 4.90 Å². The Balaban J connectivity index is 2.19. The van der Waals surface area contributed by atoms with E-state index in [4.69, 9.17) is 4.74 Å². The molecule has 1 heterocycles. The van der Waals surface area contributed by atoms with Gasteiger partial charge in [-0.3, -0.25) is 4.79 Å². The average molecular weight is 207 g/mol. The van der Waals surface area contributed by atoms with Crippen LogP contribution >= 0.6 is 0 Å². The van der Waals surface area contributed by atoms with Gasteiger partial charge in [0.25, 0.3) is 0 Å². The number of nitrogens with zero attached hydrogens (tertiary/aromatic N) is 1. The Morgan fingerprint density at radius 3 is 2.87 bits per heavy atom. The van der Waals surface area contributed by atoms with E-state index in [1.54, 1.807) is 24.1 Å². The first-order valence-corrected chi connectivity index (χ1v) is 4.82. The molecule has 2 rings (SSSR count). The quantitative estimate of drug-likeness (QED) is 0.745. The first kappa shape index (κ1) is 9.98. The molecule has 1 aromatic rings. The molecule has 0 radical (unpaired) electrons. The van der Waals surface area contributed by atoms with E-state index in [1.807, 2.05) is 12.1 Å². The van der Waals surface area contributed by atoms with Crippen molar-refractivity contribution in [3.63, 3.8) is 0 Å². The maximum absolute atomic E-state index is 11.2. The lowest BCUT2D eigenvalue weighted by molar-refractivity contribution is -0.147. The maximum Gasteiger partial charge on any atom is 0.248 e. The molecule has 1 atom stereocenters. The van der Waals surface area contributed by atoms with Crippen LogP contribution in [0.3, 0.4) is 0 Å². The highest BCUT2D eigenvalue weighted by atomic mass is 16.5. The van der Waals surface area contributed by atoms with Gasteiger partial charge in [-0.2, -0.15) is 0 Å². The van der Waals surface area contributed by atoms with E-state index in [0.29, 0.717) is 6.54 Å². The Morgan fingerprint density at radius 1 is 1.47 bits per heavy atom. The van der Waals surface area contributed by atoms with E-state index >= 15 is 0 Å². The van der Waals surface area contributed by atoms with Gasteiger partial charge in [-0.05, 0) is 6.07 Å². The normalized spacial score (nSPS) is 21.8. The molecule has 1 fully saturated rings. The summed E-state index contributed by atoms with van der Waals surface area (Å²) >= 11 is 0. The molecule has 1 aliphatic heterocycles. The number of rotatable bonds is 1. The first-order chi connectivity index (χ1) is 7.18. The van der Waals surface area contributed by atoms with E-state index in [-0.39, 0.29) is 24.4 Å². The highest BCUT2D eigenvalue weighted by Crippen LogP contribution is 2.28. The number of benzene rings is 1. The minimum Gasteiger partial charge on any atom is -0.508 e. The van der Waals surface area contributed by atoms with Crippen LogP contribution in [0.2, 0.25) is 0 Å². The molecule has 1 amide bonds. The number of carbonyl (C=O) groups is 1. The standard InChI is InChI=1S/C11H13NO3/c1-12-6-10(15-7-11(12)14)8-4-2-3-5-9(8)13/h2-5,10,13H,6-7H2,1H3. The highest BCUT2D eigenvalue weighted by molar-refractivity contribution is 5.77. The van der Waals surface area contributed by atoms with Crippen molar-refractivity contribution >= 4 is 5.91 Å². The van der Waals surface area contributed by atoms with Crippen molar-refractivity contribution in [2.75, 3.05) is 20.2 Å². The summed E-state index contributed by atoms with van der Waals surface area (Å²) in [6.07, 6.45) is -0.228. The minimum atomic E-state index is -0.228. The van der Waals surface area contributed by atoms with Crippen LogP contribution in [0.1, 0.15) is 11.7 Å². The van der Waals surface area contributed by atoms with Crippen molar-refractivity contribution < 1.29 is 14.6 Å². The van der Waals surface area contributed by atoms with Gasteiger partial charge in [-0.25, -0.2) is 0 Å². The predicted octanol–water partition coefficient (Wildman–Crippen LogP) is 0.922. The molecule has 80 valence electrons. The van der Waals surface area contributed by atoms with E-state index in [0.717, 1.165) is 5.56 Å². The third kappa shape index (κ3) is 1.94. The zero-order valence-corrected chi connectivity index (χ0v) is 8.51. The monoisotopic (exact) mass is 207 g/mol. The minimum absolute atomic E-state index is 0.0262.